The van der Waals surface area contributed by atoms with Gasteiger partial charge in [0.15, 0.2) is 0 Å². The van der Waals surface area contributed by atoms with Crippen molar-refractivity contribution in [3.8, 4) is 0 Å². The van der Waals surface area contributed by atoms with E-state index < -0.39 is 23.1 Å². The molecule has 0 saturated carbocycles. The lowest BCUT2D eigenvalue weighted by molar-refractivity contribution is 0.0706. The minimum absolute atomic E-state index is 0.0138. The zero-order valence-electron chi connectivity index (χ0n) is 11.5. The minimum atomic E-state index is -0.822. The Morgan fingerprint density at radius 1 is 1.40 bits per heavy atom. The van der Waals surface area contributed by atoms with Gasteiger partial charge in [0.2, 0.25) is 0 Å². The van der Waals surface area contributed by atoms with E-state index in [-0.39, 0.29) is 10.5 Å². The Bertz CT molecular complexity index is 499. The fourth-order valence-corrected chi connectivity index (χ4v) is 3.01. The Labute approximate surface area is 125 Å². The van der Waals surface area contributed by atoms with Crippen LogP contribution in [0, 0.1) is 11.6 Å². The van der Waals surface area contributed by atoms with Crippen LogP contribution in [0.25, 0.3) is 0 Å². The van der Waals surface area contributed by atoms with Crippen molar-refractivity contribution in [2.24, 2.45) is 0 Å². The standard InChI is InChI=1S/C14H17BrF2N2O/c1-18(2)8-10-4-3-5-19(10)14(20)13-11(16)6-9(15)7-12(13)17/h6-7,10H,3-5,8H2,1-2H3. The summed E-state index contributed by atoms with van der Waals surface area (Å²) in [7, 11) is 3.84. The van der Waals surface area contributed by atoms with Gasteiger partial charge >= 0.3 is 0 Å². The van der Waals surface area contributed by atoms with Crippen LogP contribution in [0.15, 0.2) is 16.6 Å². The van der Waals surface area contributed by atoms with Crippen LogP contribution in [-0.2, 0) is 0 Å². The first kappa shape index (κ1) is 15.4. The van der Waals surface area contributed by atoms with Crippen molar-refractivity contribution >= 4 is 21.8 Å². The molecule has 0 N–H and O–H groups in total. The van der Waals surface area contributed by atoms with Crippen molar-refractivity contribution in [1.29, 1.82) is 0 Å². The van der Waals surface area contributed by atoms with Crippen molar-refractivity contribution in [2.45, 2.75) is 18.9 Å². The normalized spacial score (nSPS) is 18.9. The lowest BCUT2D eigenvalue weighted by Crippen LogP contribution is -2.41. The molecule has 1 aromatic carbocycles. The maximum absolute atomic E-state index is 13.9. The fourth-order valence-electron chi connectivity index (χ4n) is 2.60. The highest BCUT2D eigenvalue weighted by Gasteiger charge is 2.32. The zero-order valence-corrected chi connectivity index (χ0v) is 13.1. The number of halogens is 3. The predicted molar refractivity (Wildman–Crippen MR) is 76.7 cm³/mol. The molecule has 110 valence electrons. The Morgan fingerprint density at radius 3 is 2.55 bits per heavy atom. The number of rotatable bonds is 3. The second kappa shape index (κ2) is 6.18. The molecule has 1 aliphatic rings. The number of carbonyl (C=O) groups is 1. The fraction of sp³-hybridized carbons (Fsp3) is 0.500. The summed E-state index contributed by atoms with van der Waals surface area (Å²) in [5.41, 5.74) is -0.459. The highest BCUT2D eigenvalue weighted by molar-refractivity contribution is 9.10. The molecule has 1 saturated heterocycles. The van der Waals surface area contributed by atoms with Gasteiger partial charge < -0.3 is 9.80 Å². The van der Waals surface area contributed by atoms with E-state index in [0.717, 1.165) is 25.0 Å². The molecular weight excluding hydrogens is 330 g/mol. The summed E-state index contributed by atoms with van der Waals surface area (Å²) in [6, 6.07) is 2.25. The summed E-state index contributed by atoms with van der Waals surface area (Å²) < 4.78 is 28.0. The van der Waals surface area contributed by atoms with Gasteiger partial charge in [0.1, 0.15) is 17.2 Å². The van der Waals surface area contributed by atoms with Crippen LogP contribution in [0.4, 0.5) is 8.78 Å². The molecule has 0 aromatic heterocycles. The molecule has 1 fully saturated rings. The molecule has 0 spiro atoms. The number of hydrogen-bond donors (Lipinski definition) is 0. The molecule has 1 unspecified atom stereocenters. The van der Waals surface area contributed by atoms with E-state index in [1.165, 1.54) is 0 Å². The average molecular weight is 347 g/mol. The van der Waals surface area contributed by atoms with Gasteiger partial charge in [0.25, 0.3) is 5.91 Å². The van der Waals surface area contributed by atoms with Gasteiger partial charge in [-0.05, 0) is 39.1 Å². The molecule has 0 bridgehead atoms. The van der Waals surface area contributed by atoms with Crippen molar-refractivity contribution < 1.29 is 13.6 Å². The average Bonchev–Trinajstić information content (AvgIpc) is 2.74. The highest BCUT2D eigenvalue weighted by Crippen LogP contribution is 2.25. The van der Waals surface area contributed by atoms with E-state index in [1.54, 1.807) is 4.90 Å². The van der Waals surface area contributed by atoms with Gasteiger partial charge in [-0.25, -0.2) is 8.78 Å². The predicted octanol–water partition coefficient (Wildman–Crippen LogP) is 2.89. The van der Waals surface area contributed by atoms with Gasteiger partial charge in [-0.1, -0.05) is 15.9 Å². The first-order valence-electron chi connectivity index (χ1n) is 6.50. The summed E-state index contributed by atoms with van der Waals surface area (Å²) in [6.07, 6.45) is 1.73. The third-order valence-corrected chi connectivity index (χ3v) is 3.89. The lowest BCUT2D eigenvalue weighted by atomic mass is 10.1. The summed E-state index contributed by atoms with van der Waals surface area (Å²) in [4.78, 5) is 16.0. The summed E-state index contributed by atoms with van der Waals surface area (Å²) in [5.74, 6) is -2.20. The number of likely N-dealkylation sites (N-methyl/N-ethyl adjacent to an activating group) is 1. The Balaban J connectivity index is 2.27. The maximum atomic E-state index is 13.9. The van der Waals surface area contributed by atoms with Crippen molar-refractivity contribution in [3.63, 3.8) is 0 Å². The molecule has 1 amide bonds. The summed E-state index contributed by atoms with van der Waals surface area (Å²) >= 11 is 3.01. The third-order valence-electron chi connectivity index (χ3n) is 3.43. The molecule has 1 atom stereocenters. The Morgan fingerprint density at radius 2 is 2.00 bits per heavy atom. The molecule has 1 aliphatic heterocycles. The number of hydrogen-bond acceptors (Lipinski definition) is 2. The number of carbonyl (C=O) groups excluding carboxylic acids is 1. The van der Waals surface area contributed by atoms with E-state index >= 15 is 0 Å². The zero-order chi connectivity index (χ0) is 14.9. The summed E-state index contributed by atoms with van der Waals surface area (Å²) in [6.45, 7) is 1.25. The third kappa shape index (κ3) is 3.17. The molecule has 0 aliphatic carbocycles. The van der Waals surface area contributed by atoms with Gasteiger partial charge in [0.05, 0.1) is 0 Å². The molecule has 1 heterocycles. The smallest absolute Gasteiger partial charge is 0.260 e. The molecule has 0 radical (unpaired) electrons. The Kier molecular flexibility index (Phi) is 4.75. The van der Waals surface area contributed by atoms with Crippen LogP contribution >= 0.6 is 15.9 Å². The molecule has 6 heteroatoms. The second-order valence-corrected chi connectivity index (χ2v) is 6.22. The quantitative estimate of drug-likeness (QED) is 0.840. The van der Waals surface area contributed by atoms with Gasteiger partial charge in [0, 0.05) is 23.6 Å². The first-order valence-corrected chi connectivity index (χ1v) is 7.29. The largest absolute Gasteiger partial charge is 0.334 e. The van der Waals surface area contributed by atoms with Crippen LogP contribution < -0.4 is 0 Å². The molecule has 1 aromatic rings. The lowest BCUT2D eigenvalue weighted by Gasteiger charge is -2.27. The van der Waals surface area contributed by atoms with Gasteiger partial charge in [-0.3, -0.25) is 4.79 Å². The van der Waals surface area contributed by atoms with Crippen molar-refractivity contribution in [3.05, 3.63) is 33.8 Å². The SMILES string of the molecule is CN(C)CC1CCCN1C(=O)c1c(F)cc(Br)cc1F. The monoisotopic (exact) mass is 346 g/mol. The van der Waals surface area contributed by atoms with E-state index in [9.17, 15) is 13.6 Å². The number of likely N-dealkylation sites (tertiary alicyclic amines) is 1. The second-order valence-electron chi connectivity index (χ2n) is 5.30. The number of amides is 1. The van der Waals surface area contributed by atoms with Crippen LogP contribution in [0.5, 0.6) is 0 Å². The van der Waals surface area contributed by atoms with Gasteiger partial charge in [-0.15, -0.1) is 0 Å². The Hall–Kier alpha value is -1.01. The molecule has 2 rings (SSSR count). The van der Waals surface area contributed by atoms with Crippen LogP contribution in [-0.4, -0.2) is 48.9 Å². The van der Waals surface area contributed by atoms with Crippen molar-refractivity contribution in [1.82, 2.24) is 9.80 Å². The van der Waals surface area contributed by atoms with E-state index in [4.69, 9.17) is 0 Å². The first-order chi connectivity index (χ1) is 9.40. The van der Waals surface area contributed by atoms with Crippen LogP contribution in [0.3, 0.4) is 0 Å². The van der Waals surface area contributed by atoms with Gasteiger partial charge in [-0.2, -0.15) is 0 Å². The molecule has 20 heavy (non-hydrogen) atoms. The topological polar surface area (TPSA) is 23.6 Å². The summed E-state index contributed by atoms with van der Waals surface area (Å²) in [5, 5.41) is 0. The van der Waals surface area contributed by atoms with Crippen molar-refractivity contribution in [2.75, 3.05) is 27.2 Å². The maximum Gasteiger partial charge on any atom is 0.260 e. The molecule has 3 nitrogen and oxygen atoms in total. The van der Waals surface area contributed by atoms with E-state index in [0.29, 0.717) is 13.1 Å². The van der Waals surface area contributed by atoms with E-state index in [2.05, 4.69) is 15.9 Å². The number of nitrogens with zero attached hydrogens (tertiary/aromatic N) is 2. The number of benzene rings is 1. The minimum Gasteiger partial charge on any atom is -0.334 e. The van der Waals surface area contributed by atoms with E-state index in [1.807, 2.05) is 19.0 Å². The van der Waals surface area contributed by atoms with Crippen LogP contribution in [0.2, 0.25) is 0 Å². The van der Waals surface area contributed by atoms with Crippen LogP contribution in [0.1, 0.15) is 23.2 Å². The molecular formula is C14H17BrF2N2O. The highest BCUT2D eigenvalue weighted by atomic mass is 79.9.